The average Bonchev–Trinajstić information content (AvgIpc) is 3.38. The van der Waals surface area contributed by atoms with E-state index in [0.717, 1.165) is 41.7 Å². The molecule has 2 heterocycles. The van der Waals surface area contributed by atoms with Crippen LogP contribution in [0.3, 0.4) is 0 Å². The summed E-state index contributed by atoms with van der Waals surface area (Å²) in [6, 6.07) is 29.7. The minimum Gasteiger partial charge on any atom is -0.455 e. The van der Waals surface area contributed by atoms with Gasteiger partial charge in [0.05, 0.1) is 9.72 Å². The molecule has 0 aliphatic heterocycles. The Morgan fingerprint density at radius 1 is 0.688 bits per heavy atom. The third-order valence-electron chi connectivity index (χ3n) is 6.19. The minimum absolute atomic E-state index is 0.798. The van der Waals surface area contributed by atoms with E-state index in [1.165, 1.54) is 31.8 Å². The van der Waals surface area contributed by atoms with Crippen LogP contribution in [0.15, 0.2) is 93.8 Å². The van der Waals surface area contributed by atoms with Crippen LogP contribution >= 0.6 is 38.9 Å². The lowest BCUT2D eigenvalue weighted by Gasteiger charge is -2.08. The summed E-state index contributed by atoms with van der Waals surface area (Å²) in [4.78, 5) is 0. The lowest BCUT2D eigenvalue weighted by Crippen LogP contribution is -1.82. The molecule has 0 fully saturated rings. The molecule has 0 radical (unpaired) electrons. The van der Waals surface area contributed by atoms with E-state index in [1.807, 2.05) is 24.3 Å². The Morgan fingerprint density at radius 3 is 2.38 bits per heavy atom. The molecule has 0 bridgehead atoms. The second kappa shape index (κ2) is 6.82. The summed E-state index contributed by atoms with van der Waals surface area (Å²) in [5, 5.41) is 7.91. The highest BCUT2D eigenvalue weighted by atomic mass is 79.9. The Balaban J connectivity index is 1.69. The van der Waals surface area contributed by atoms with Crippen molar-refractivity contribution < 1.29 is 4.42 Å². The van der Waals surface area contributed by atoms with Crippen molar-refractivity contribution in [3.63, 3.8) is 0 Å². The average molecular weight is 514 g/mol. The van der Waals surface area contributed by atoms with Gasteiger partial charge in [-0.1, -0.05) is 82.1 Å². The number of halogens is 2. The molecule has 2 aromatic heterocycles. The number of benzene rings is 5. The van der Waals surface area contributed by atoms with Crippen molar-refractivity contribution in [3.8, 4) is 11.1 Å². The number of hydrogen-bond acceptors (Lipinski definition) is 2. The van der Waals surface area contributed by atoms with Crippen LogP contribution in [0, 0.1) is 0 Å². The molecule has 32 heavy (non-hydrogen) atoms. The summed E-state index contributed by atoms with van der Waals surface area (Å²) >= 11 is 11.9. The van der Waals surface area contributed by atoms with E-state index in [-0.39, 0.29) is 0 Å². The highest BCUT2D eigenvalue weighted by molar-refractivity contribution is 9.10. The Kier molecular flexibility index (Phi) is 3.99. The predicted molar refractivity (Wildman–Crippen MR) is 142 cm³/mol. The van der Waals surface area contributed by atoms with Crippen molar-refractivity contribution in [2.24, 2.45) is 0 Å². The van der Waals surface area contributed by atoms with Gasteiger partial charge in [0.15, 0.2) is 0 Å². The van der Waals surface area contributed by atoms with Gasteiger partial charge in [0.2, 0.25) is 0 Å². The summed E-state index contributed by atoms with van der Waals surface area (Å²) in [5.74, 6) is 0. The van der Waals surface area contributed by atoms with Gasteiger partial charge >= 0.3 is 0 Å². The maximum atomic E-state index is 6.56. The van der Waals surface area contributed by atoms with Crippen molar-refractivity contribution in [2.75, 3.05) is 0 Å². The first-order chi connectivity index (χ1) is 15.7. The van der Waals surface area contributed by atoms with Gasteiger partial charge in [-0.25, -0.2) is 0 Å². The molecule has 0 N–H and O–H groups in total. The molecule has 1 nitrogen and oxygen atoms in total. The zero-order valence-electron chi connectivity index (χ0n) is 16.7. The lowest BCUT2D eigenvalue weighted by atomic mass is 9.95. The van der Waals surface area contributed by atoms with Crippen molar-refractivity contribution >= 4 is 91.8 Å². The van der Waals surface area contributed by atoms with Crippen molar-refractivity contribution in [2.45, 2.75) is 0 Å². The normalized spacial score (nSPS) is 12.1. The largest absolute Gasteiger partial charge is 0.455 e. The fraction of sp³-hybridized carbons (Fsp3) is 0. The van der Waals surface area contributed by atoms with E-state index >= 15 is 0 Å². The molecule has 4 heteroatoms. The van der Waals surface area contributed by atoms with Gasteiger partial charge in [-0.15, -0.1) is 11.3 Å². The second-order valence-electron chi connectivity index (χ2n) is 7.99. The fourth-order valence-electron chi connectivity index (χ4n) is 4.80. The maximum absolute atomic E-state index is 6.56. The van der Waals surface area contributed by atoms with Gasteiger partial charge in [-0.2, -0.15) is 0 Å². The van der Waals surface area contributed by atoms with Crippen LogP contribution in [-0.2, 0) is 0 Å². The van der Waals surface area contributed by atoms with Crippen LogP contribution in [0.25, 0.3) is 64.0 Å². The van der Waals surface area contributed by atoms with Crippen LogP contribution < -0.4 is 0 Å². The van der Waals surface area contributed by atoms with Crippen LogP contribution in [0.2, 0.25) is 5.02 Å². The van der Waals surface area contributed by atoms with Crippen LogP contribution in [0.4, 0.5) is 0 Å². The first-order valence-corrected chi connectivity index (χ1v) is 12.3. The number of thiophene rings is 1. The number of fused-ring (bicyclic) bond motifs is 8. The van der Waals surface area contributed by atoms with E-state index in [4.69, 9.17) is 16.0 Å². The molecular weight excluding hydrogens is 500 g/mol. The Labute approximate surface area is 201 Å². The quantitative estimate of drug-likeness (QED) is 0.213. The molecule has 0 saturated carbocycles. The Morgan fingerprint density at radius 2 is 1.47 bits per heavy atom. The van der Waals surface area contributed by atoms with Gasteiger partial charge in [0.1, 0.15) is 11.2 Å². The first-order valence-electron chi connectivity index (χ1n) is 10.3. The van der Waals surface area contributed by atoms with E-state index in [2.05, 4.69) is 76.6 Å². The first kappa shape index (κ1) is 18.7. The van der Waals surface area contributed by atoms with Crippen molar-refractivity contribution in [1.29, 1.82) is 0 Å². The monoisotopic (exact) mass is 512 g/mol. The minimum atomic E-state index is 0.798. The van der Waals surface area contributed by atoms with Gasteiger partial charge in [0.25, 0.3) is 0 Å². The molecule has 0 aliphatic carbocycles. The second-order valence-corrected chi connectivity index (χ2v) is 10.3. The standard InChI is InChI=1S/C28H14BrClOS/c29-16-11-12-24-22(14-16)25-17-6-2-1-5-15(17)13-21(26(25)31-24)20-8-3-7-18-19-9-4-10-23(30)28(19)32-27(18)20/h1-14H. The molecular formula is C28H14BrClOS. The molecule has 0 atom stereocenters. The summed E-state index contributed by atoms with van der Waals surface area (Å²) in [6.45, 7) is 0. The van der Waals surface area contributed by atoms with E-state index in [1.54, 1.807) is 11.3 Å². The topological polar surface area (TPSA) is 13.1 Å². The van der Waals surface area contributed by atoms with Crippen molar-refractivity contribution in [3.05, 3.63) is 94.4 Å². The summed E-state index contributed by atoms with van der Waals surface area (Å²) in [7, 11) is 0. The molecule has 7 rings (SSSR count). The molecule has 152 valence electrons. The summed E-state index contributed by atoms with van der Waals surface area (Å²) < 4.78 is 9.91. The third-order valence-corrected chi connectivity index (χ3v) is 8.40. The smallest absolute Gasteiger partial charge is 0.143 e. The maximum Gasteiger partial charge on any atom is 0.143 e. The zero-order valence-corrected chi connectivity index (χ0v) is 19.8. The van der Waals surface area contributed by atoms with Crippen LogP contribution in [0.1, 0.15) is 0 Å². The molecule has 0 spiro atoms. The van der Waals surface area contributed by atoms with Crippen molar-refractivity contribution in [1.82, 2.24) is 0 Å². The predicted octanol–water partition coefficient (Wildman–Crippen LogP) is 10.2. The fourth-order valence-corrected chi connectivity index (χ4v) is 6.68. The molecule has 7 aromatic rings. The molecule has 0 unspecified atom stereocenters. The molecule has 5 aromatic carbocycles. The highest BCUT2D eigenvalue weighted by Crippen LogP contribution is 2.46. The molecule has 0 aliphatic rings. The van der Waals surface area contributed by atoms with Gasteiger partial charge < -0.3 is 4.42 Å². The van der Waals surface area contributed by atoms with Gasteiger partial charge in [-0.05, 0) is 41.1 Å². The van der Waals surface area contributed by atoms with E-state index in [0.29, 0.717) is 0 Å². The third kappa shape index (κ3) is 2.56. The van der Waals surface area contributed by atoms with E-state index < -0.39 is 0 Å². The summed E-state index contributed by atoms with van der Waals surface area (Å²) in [6.07, 6.45) is 0. The van der Waals surface area contributed by atoms with Crippen LogP contribution in [-0.4, -0.2) is 0 Å². The zero-order chi connectivity index (χ0) is 21.4. The van der Waals surface area contributed by atoms with E-state index in [9.17, 15) is 0 Å². The summed E-state index contributed by atoms with van der Waals surface area (Å²) in [5.41, 5.74) is 4.10. The number of hydrogen-bond donors (Lipinski definition) is 0. The van der Waals surface area contributed by atoms with Gasteiger partial charge in [-0.3, -0.25) is 0 Å². The number of rotatable bonds is 1. The Bertz CT molecular complexity index is 1860. The highest BCUT2D eigenvalue weighted by Gasteiger charge is 2.19. The molecule has 0 saturated heterocycles. The molecule has 0 amide bonds. The van der Waals surface area contributed by atoms with Crippen LogP contribution in [0.5, 0.6) is 0 Å². The lowest BCUT2D eigenvalue weighted by molar-refractivity contribution is 0.670. The SMILES string of the molecule is Clc1cccc2c1sc1c(-c3cc4ccccc4c4c3oc3ccc(Br)cc34)cccc12. The van der Waals surface area contributed by atoms with Gasteiger partial charge in [0, 0.05) is 41.8 Å². The Hall–Kier alpha value is -2.85. The number of furan rings is 1.